The van der Waals surface area contributed by atoms with Crippen molar-refractivity contribution in [3.05, 3.63) is 53.9 Å². The molecular formula is C18H20F2N4. The van der Waals surface area contributed by atoms with Crippen molar-refractivity contribution in [2.75, 3.05) is 17.2 Å². The molecule has 0 saturated heterocycles. The Hall–Kier alpha value is -2.50. The number of aromatic nitrogens is 2. The van der Waals surface area contributed by atoms with E-state index in [9.17, 15) is 8.78 Å². The molecule has 4 nitrogen and oxygen atoms in total. The van der Waals surface area contributed by atoms with Gasteiger partial charge in [-0.2, -0.15) is 0 Å². The number of rotatable bonds is 6. The number of nitrogens with one attached hydrogen (secondary N) is 2. The van der Waals surface area contributed by atoms with Gasteiger partial charge >= 0.3 is 0 Å². The Balaban J connectivity index is 1.60. The molecule has 6 heteroatoms. The summed E-state index contributed by atoms with van der Waals surface area (Å²) in [4.78, 5) is 8.15. The monoisotopic (exact) mass is 330 g/mol. The average molecular weight is 330 g/mol. The van der Waals surface area contributed by atoms with Crippen LogP contribution in [-0.2, 0) is 0 Å². The maximum absolute atomic E-state index is 13.7. The Morgan fingerprint density at radius 2 is 1.83 bits per heavy atom. The number of nitrogens with zero attached hydrogens (tertiary/aromatic N) is 2. The molecule has 1 aromatic carbocycles. The van der Waals surface area contributed by atoms with Crippen LogP contribution in [0, 0.1) is 11.6 Å². The lowest BCUT2D eigenvalue weighted by Gasteiger charge is -2.13. The number of hydrogen-bond acceptors (Lipinski definition) is 4. The molecule has 0 bridgehead atoms. The number of para-hydroxylation sites is 1. The molecule has 0 fully saturated rings. The molecule has 1 heterocycles. The van der Waals surface area contributed by atoms with E-state index < -0.39 is 11.6 Å². The fourth-order valence-electron chi connectivity index (χ4n) is 2.75. The second kappa shape index (κ2) is 7.86. The zero-order valence-electron chi connectivity index (χ0n) is 13.4. The maximum Gasteiger partial charge on any atom is 0.149 e. The van der Waals surface area contributed by atoms with Crippen LogP contribution in [0.1, 0.15) is 32.1 Å². The molecule has 1 aliphatic carbocycles. The first-order valence-corrected chi connectivity index (χ1v) is 8.17. The molecule has 2 N–H and O–H groups in total. The number of anilines is 3. The largest absolute Gasteiger partial charge is 0.370 e. The van der Waals surface area contributed by atoms with E-state index >= 15 is 0 Å². The maximum atomic E-state index is 13.7. The SMILES string of the molecule is Fc1cccc(F)c1Nc1cc(NCCC2=CCCCC2)ncn1. The van der Waals surface area contributed by atoms with Gasteiger partial charge in [-0.25, -0.2) is 18.7 Å². The van der Waals surface area contributed by atoms with Gasteiger partial charge in [0, 0.05) is 12.6 Å². The van der Waals surface area contributed by atoms with E-state index in [1.54, 1.807) is 6.07 Å². The average Bonchev–Trinajstić information content (AvgIpc) is 2.60. The molecular weight excluding hydrogens is 310 g/mol. The third-order valence-electron chi connectivity index (χ3n) is 4.02. The second-order valence-corrected chi connectivity index (χ2v) is 5.80. The number of hydrogen-bond donors (Lipinski definition) is 2. The van der Waals surface area contributed by atoms with Gasteiger partial charge in [0.1, 0.15) is 35.3 Å². The van der Waals surface area contributed by atoms with Gasteiger partial charge in [-0.15, -0.1) is 0 Å². The second-order valence-electron chi connectivity index (χ2n) is 5.80. The standard InChI is InChI=1S/C18H20F2N4/c19-14-7-4-8-15(20)18(14)24-17-11-16(22-12-23-17)21-10-9-13-5-2-1-3-6-13/h4-5,7-8,11-12H,1-3,6,9-10H2,(H2,21,22,23,24). The summed E-state index contributed by atoms with van der Waals surface area (Å²) < 4.78 is 27.4. The number of allylic oxidation sites excluding steroid dienone is 1. The topological polar surface area (TPSA) is 49.8 Å². The molecule has 2 aromatic rings. The smallest absolute Gasteiger partial charge is 0.149 e. The highest BCUT2D eigenvalue weighted by atomic mass is 19.1. The van der Waals surface area contributed by atoms with E-state index in [1.165, 1.54) is 55.8 Å². The first-order valence-electron chi connectivity index (χ1n) is 8.17. The fraction of sp³-hybridized carbons (Fsp3) is 0.333. The molecule has 24 heavy (non-hydrogen) atoms. The Bertz CT molecular complexity index is 710. The van der Waals surface area contributed by atoms with Gasteiger partial charge in [0.25, 0.3) is 0 Å². The summed E-state index contributed by atoms with van der Waals surface area (Å²) in [5.74, 6) is -0.353. The number of halogens is 2. The van der Waals surface area contributed by atoms with E-state index in [-0.39, 0.29) is 5.69 Å². The quantitative estimate of drug-likeness (QED) is 0.747. The van der Waals surface area contributed by atoms with Crippen molar-refractivity contribution in [2.24, 2.45) is 0 Å². The molecule has 126 valence electrons. The van der Waals surface area contributed by atoms with Crippen LogP contribution in [-0.4, -0.2) is 16.5 Å². The lowest BCUT2D eigenvalue weighted by molar-refractivity contribution is 0.590. The van der Waals surface area contributed by atoms with Crippen molar-refractivity contribution in [3.8, 4) is 0 Å². The van der Waals surface area contributed by atoms with Crippen molar-refractivity contribution in [1.29, 1.82) is 0 Å². The first kappa shape index (κ1) is 16.4. The summed E-state index contributed by atoms with van der Waals surface area (Å²) in [6.07, 6.45) is 9.55. The highest BCUT2D eigenvalue weighted by Crippen LogP contribution is 2.23. The summed E-state index contributed by atoms with van der Waals surface area (Å²) in [7, 11) is 0. The van der Waals surface area contributed by atoms with Gasteiger partial charge in [0.2, 0.25) is 0 Å². The molecule has 1 aromatic heterocycles. The predicted molar refractivity (Wildman–Crippen MR) is 91.3 cm³/mol. The van der Waals surface area contributed by atoms with Gasteiger partial charge in [0.15, 0.2) is 0 Å². The van der Waals surface area contributed by atoms with Crippen molar-refractivity contribution < 1.29 is 8.78 Å². The summed E-state index contributed by atoms with van der Waals surface area (Å²) in [5.41, 5.74) is 1.27. The van der Waals surface area contributed by atoms with Crippen molar-refractivity contribution in [2.45, 2.75) is 32.1 Å². The van der Waals surface area contributed by atoms with Gasteiger partial charge in [-0.05, 0) is 44.2 Å². The summed E-state index contributed by atoms with van der Waals surface area (Å²) in [6.45, 7) is 0.774. The third-order valence-corrected chi connectivity index (χ3v) is 4.02. The Morgan fingerprint density at radius 3 is 2.58 bits per heavy atom. The lowest BCUT2D eigenvalue weighted by atomic mass is 9.97. The highest BCUT2D eigenvalue weighted by molar-refractivity contribution is 5.59. The van der Waals surface area contributed by atoms with Crippen LogP contribution in [0.5, 0.6) is 0 Å². The molecule has 0 aliphatic heterocycles. The summed E-state index contributed by atoms with van der Waals surface area (Å²) in [5, 5.41) is 5.90. The minimum Gasteiger partial charge on any atom is -0.370 e. The first-order chi connectivity index (χ1) is 11.7. The molecule has 0 saturated carbocycles. The van der Waals surface area contributed by atoms with Crippen LogP contribution in [0.4, 0.5) is 26.1 Å². The minimum atomic E-state index is -0.660. The Labute approximate surface area is 140 Å². The van der Waals surface area contributed by atoms with Crippen LogP contribution in [0.15, 0.2) is 42.2 Å². The highest BCUT2D eigenvalue weighted by Gasteiger charge is 2.09. The summed E-state index contributed by atoms with van der Waals surface area (Å²) in [6, 6.07) is 5.36. The van der Waals surface area contributed by atoms with Crippen LogP contribution >= 0.6 is 0 Å². The molecule has 0 amide bonds. The normalized spacial score (nSPS) is 14.2. The van der Waals surface area contributed by atoms with E-state index in [2.05, 4.69) is 26.7 Å². The Kier molecular flexibility index (Phi) is 5.36. The molecule has 0 unspecified atom stereocenters. The molecule has 0 spiro atoms. The molecule has 3 rings (SSSR count). The van der Waals surface area contributed by atoms with E-state index in [4.69, 9.17) is 0 Å². The van der Waals surface area contributed by atoms with Gasteiger partial charge in [-0.1, -0.05) is 17.7 Å². The van der Waals surface area contributed by atoms with E-state index in [0.717, 1.165) is 13.0 Å². The van der Waals surface area contributed by atoms with Crippen molar-refractivity contribution in [1.82, 2.24) is 9.97 Å². The van der Waals surface area contributed by atoms with Gasteiger partial charge in [0.05, 0.1) is 0 Å². The molecule has 0 atom stereocenters. The molecule has 0 radical (unpaired) electrons. The Morgan fingerprint density at radius 1 is 1.04 bits per heavy atom. The number of benzene rings is 1. The van der Waals surface area contributed by atoms with Crippen LogP contribution < -0.4 is 10.6 Å². The fourth-order valence-corrected chi connectivity index (χ4v) is 2.75. The third kappa shape index (κ3) is 4.28. The van der Waals surface area contributed by atoms with Crippen LogP contribution in [0.2, 0.25) is 0 Å². The predicted octanol–water partition coefficient (Wildman–Crippen LogP) is 4.80. The zero-order valence-corrected chi connectivity index (χ0v) is 13.4. The van der Waals surface area contributed by atoms with Crippen LogP contribution in [0.3, 0.4) is 0 Å². The van der Waals surface area contributed by atoms with Crippen molar-refractivity contribution >= 4 is 17.3 Å². The van der Waals surface area contributed by atoms with Crippen LogP contribution in [0.25, 0.3) is 0 Å². The van der Waals surface area contributed by atoms with Gasteiger partial charge in [-0.3, -0.25) is 0 Å². The lowest BCUT2D eigenvalue weighted by Crippen LogP contribution is -2.07. The minimum absolute atomic E-state index is 0.213. The zero-order chi connectivity index (χ0) is 16.8. The summed E-state index contributed by atoms with van der Waals surface area (Å²) >= 11 is 0. The van der Waals surface area contributed by atoms with Gasteiger partial charge < -0.3 is 10.6 Å². The molecule has 1 aliphatic rings. The van der Waals surface area contributed by atoms with E-state index in [0.29, 0.717) is 11.6 Å². The van der Waals surface area contributed by atoms with Crippen molar-refractivity contribution in [3.63, 3.8) is 0 Å². The van der Waals surface area contributed by atoms with E-state index in [1.807, 2.05) is 0 Å².